The van der Waals surface area contributed by atoms with Crippen molar-refractivity contribution in [3.05, 3.63) is 188 Å². The lowest BCUT2D eigenvalue weighted by Gasteiger charge is -2.28. The van der Waals surface area contributed by atoms with Crippen molar-refractivity contribution < 1.29 is 4.42 Å². The third-order valence-corrected chi connectivity index (χ3v) is 9.28. The summed E-state index contributed by atoms with van der Waals surface area (Å²) in [4.78, 5) is 2.36. The lowest BCUT2D eigenvalue weighted by atomic mass is 9.97. The van der Waals surface area contributed by atoms with Crippen LogP contribution in [0.5, 0.6) is 0 Å². The number of hydrogen-bond donors (Lipinski definition) is 0. The van der Waals surface area contributed by atoms with Crippen LogP contribution >= 0.6 is 0 Å². The molecule has 0 atom stereocenters. The summed E-state index contributed by atoms with van der Waals surface area (Å²) < 4.78 is 6.20. The van der Waals surface area contributed by atoms with Crippen LogP contribution in [0.1, 0.15) is 0 Å². The summed E-state index contributed by atoms with van der Waals surface area (Å²) in [5.74, 6) is 0. The van der Waals surface area contributed by atoms with Gasteiger partial charge in [0.05, 0.1) is 5.69 Å². The minimum absolute atomic E-state index is 0.919. The fourth-order valence-corrected chi connectivity index (χ4v) is 6.92. The Balaban J connectivity index is 1.15. The number of anilines is 3. The molecular formula is C46H31NO. The van der Waals surface area contributed by atoms with Crippen LogP contribution in [0, 0.1) is 0 Å². The molecule has 0 N–H and O–H groups in total. The fourth-order valence-electron chi connectivity index (χ4n) is 6.92. The van der Waals surface area contributed by atoms with E-state index in [-0.39, 0.29) is 0 Å². The van der Waals surface area contributed by atoms with Crippen LogP contribution in [0.4, 0.5) is 17.1 Å². The minimum atomic E-state index is 0.919. The molecule has 9 aromatic rings. The highest BCUT2D eigenvalue weighted by molar-refractivity contribution is 6.19. The highest BCUT2D eigenvalue weighted by atomic mass is 16.3. The van der Waals surface area contributed by atoms with E-state index in [1.807, 2.05) is 12.1 Å². The second kappa shape index (κ2) is 11.8. The first-order chi connectivity index (χ1) is 23.8. The molecule has 48 heavy (non-hydrogen) atoms. The Morgan fingerprint density at radius 2 is 0.896 bits per heavy atom. The van der Waals surface area contributed by atoms with Crippen LogP contribution in [-0.2, 0) is 0 Å². The summed E-state index contributed by atoms with van der Waals surface area (Å²) in [6.07, 6.45) is 0. The molecule has 0 amide bonds. The van der Waals surface area contributed by atoms with E-state index in [0.29, 0.717) is 0 Å². The van der Waals surface area contributed by atoms with Crippen LogP contribution in [0.3, 0.4) is 0 Å². The number of fused-ring (bicyclic) bond motifs is 5. The van der Waals surface area contributed by atoms with Gasteiger partial charge in [-0.05, 0) is 87.1 Å². The minimum Gasteiger partial charge on any atom is -0.456 e. The van der Waals surface area contributed by atoms with Gasteiger partial charge in [-0.3, -0.25) is 0 Å². The number of rotatable bonds is 6. The maximum absolute atomic E-state index is 6.20. The standard InChI is InChI=1S/C46H31NO/c1-3-11-32(12-4-1)33-21-26-38(27-22-33)47(43-17-9-7-15-40(43)35-13-5-2-6-14-35)39-28-23-34(24-29-39)37-20-19-36-25-30-45-46(42(36)31-37)41-16-8-10-18-44(41)48-45/h1-31H. The molecule has 1 heterocycles. The molecule has 0 aliphatic rings. The van der Waals surface area contributed by atoms with Gasteiger partial charge < -0.3 is 9.32 Å². The number of para-hydroxylation sites is 2. The smallest absolute Gasteiger partial charge is 0.136 e. The van der Waals surface area contributed by atoms with Gasteiger partial charge >= 0.3 is 0 Å². The summed E-state index contributed by atoms with van der Waals surface area (Å²) in [7, 11) is 0. The first-order valence-electron chi connectivity index (χ1n) is 16.3. The molecule has 1 aromatic heterocycles. The predicted molar refractivity (Wildman–Crippen MR) is 202 cm³/mol. The first-order valence-corrected chi connectivity index (χ1v) is 16.3. The van der Waals surface area contributed by atoms with E-state index in [4.69, 9.17) is 4.42 Å². The molecule has 0 aliphatic carbocycles. The molecule has 0 bridgehead atoms. The Morgan fingerprint density at radius 1 is 0.354 bits per heavy atom. The fraction of sp³-hybridized carbons (Fsp3) is 0. The average Bonchev–Trinajstić information content (AvgIpc) is 3.56. The topological polar surface area (TPSA) is 16.4 Å². The van der Waals surface area contributed by atoms with E-state index in [1.165, 1.54) is 49.5 Å². The Hall–Kier alpha value is -6.38. The van der Waals surface area contributed by atoms with Gasteiger partial charge in [0, 0.05) is 27.7 Å². The van der Waals surface area contributed by atoms with Crippen LogP contribution in [0.2, 0.25) is 0 Å². The second-order valence-corrected chi connectivity index (χ2v) is 12.2. The molecule has 0 unspecified atom stereocenters. The van der Waals surface area contributed by atoms with E-state index in [9.17, 15) is 0 Å². The summed E-state index contributed by atoms with van der Waals surface area (Å²) in [6, 6.07) is 66.9. The van der Waals surface area contributed by atoms with Crippen LogP contribution in [0.25, 0.3) is 66.1 Å². The average molecular weight is 614 g/mol. The summed E-state index contributed by atoms with van der Waals surface area (Å²) in [5, 5.41) is 4.73. The van der Waals surface area contributed by atoms with E-state index >= 15 is 0 Å². The maximum Gasteiger partial charge on any atom is 0.136 e. The molecule has 2 nitrogen and oxygen atoms in total. The van der Waals surface area contributed by atoms with Gasteiger partial charge in [0.2, 0.25) is 0 Å². The van der Waals surface area contributed by atoms with Crippen LogP contribution in [-0.4, -0.2) is 0 Å². The molecule has 0 spiro atoms. The number of benzene rings is 8. The molecule has 0 radical (unpaired) electrons. The number of nitrogens with zero attached hydrogens (tertiary/aromatic N) is 1. The lowest BCUT2D eigenvalue weighted by Crippen LogP contribution is -2.11. The molecule has 0 aliphatic heterocycles. The van der Waals surface area contributed by atoms with Crippen molar-refractivity contribution in [3.8, 4) is 33.4 Å². The molecule has 226 valence electrons. The summed E-state index contributed by atoms with van der Waals surface area (Å²) in [6.45, 7) is 0. The van der Waals surface area contributed by atoms with E-state index in [1.54, 1.807) is 0 Å². The van der Waals surface area contributed by atoms with E-state index in [2.05, 4.69) is 181 Å². The van der Waals surface area contributed by atoms with Gasteiger partial charge in [0.15, 0.2) is 0 Å². The third kappa shape index (κ3) is 4.92. The number of hydrogen-bond acceptors (Lipinski definition) is 2. The van der Waals surface area contributed by atoms with Crippen molar-refractivity contribution in [1.82, 2.24) is 0 Å². The molecular weight excluding hydrogens is 583 g/mol. The van der Waals surface area contributed by atoms with Gasteiger partial charge in [-0.15, -0.1) is 0 Å². The predicted octanol–water partition coefficient (Wildman–Crippen LogP) is 13.2. The molecule has 9 rings (SSSR count). The molecule has 0 saturated carbocycles. The molecule has 0 fully saturated rings. The van der Waals surface area contributed by atoms with Crippen molar-refractivity contribution >= 4 is 49.8 Å². The second-order valence-electron chi connectivity index (χ2n) is 12.2. The highest BCUT2D eigenvalue weighted by Crippen LogP contribution is 2.42. The molecule has 0 saturated heterocycles. The largest absolute Gasteiger partial charge is 0.456 e. The van der Waals surface area contributed by atoms with Gasteiger partial charge in [-0.25, -0.2) is 0 Å². The normalized spacial score (nSPS) is 11.3. The number of furan rings is 1. The maximum atomic E-state index is 6.20. The Morgan fingerprint density at radius 3 is 1.62 bits per heavy atom. The van der Waals surface area contributed by atoms with Crippen molar-refractivity contribution in [3.63, 3.8) is 0 Å². The van der Waals surface area contributed by atoms with Gasteiger partial charge in [-0.1, -0.05) is 140 Å². The SMILES string of the molecule is c1ccc(-c2ccc(N(c3ccc(-c4ccc5ccc6oc7ccccc7c6c5c4)cc3)c3ccccc3-c3ccccc3)cc2)cc1. The van der Waals surface area contributed by atoms with E-state index in [0.717, 1.165) is 33.6 Å². The Kier molecular flexibility index (Phi) is 6.84. The molecule has 8 aromatic carbocycles. The van der Waals surface area contributed by atoms with Gasteiger partial charge in [0.25, 0.3) is 0 Å². The van der Waals surface area contributed by atoms with Crippen LogP contribution < -0.4 is 4.90 Å². The monoisotopic (exact) mass is 613 g/mol. The Labute approximate surface area is 279 Å². The van der Waals surface area contributed by atoms with Gasteiger partial charge in [0.1, 0.15) is 11.2 Å². The zero-order valence-corrected chi connectivity index (χ0v) is 26.3. The zero-order chi connectivity index (χ0) is 31.9. The summed E-state index contributed by atoms with van der Waals surface area (Å²) >= 11 is 0. The van der Waals surface area contributed by atoms with Crippen molar-refractivity contribution in [1.29, 1.82) is 0 Å². The zero-order valence-electron chi connectivity index (χ0n) is 26.3. The Bertz CT molecular complexity index is 2530. The highest BCUT2D eigenvalue weighted by Gasteiger charge is 2.18. The van der Waals surface area contributed by atoms with Gasteiger partial charge in [-0.2, -0.15) is 0 Å². The van der Waals surface area contributed by atoms with E-state index < -0.39 is 0 Å². The van der Waals surface area contributed by atoms with Crippen molar-refractivity contribution in [2.75, 3.05) is 4.90 Å². The summed E-state index contributed by atoms with van der Waals surface area (Å²) in [5.41, 5.74) is 12.3. The third-order valence-electron chi connectivity index (χ3n) is 9.28. The lowest BCUT2D eigenvalue weighted by molar-refractivity contribution is 0.669. The van der Waals surface area contributed by atoms with Crippen molar-refractivity contribution in [2.45, 2.75) is 0 Å². The quantitative estimate of drug-likeness (QED) is 0.185. The van der Waals surface area contributed by atoms with Crippen LogP contribution in [0.15, 0.2) is 192 Å². The van der Waals surface area contributed by atoms with Crippen molar-refractivity contribution in [2.24, 2.45) is 0 Å². The molecule has 2 heteroatoms. The first kappa shape index (κ1) is 27.9.